The summed E-state index contributed by atoms with van der Waals surface area (Å²) in [5.41, 5.74) is 5.51. The van der Waals surface area contributed by atoms with Gasteiger partial charge in [0, 0.05) is 20.1 Å². The number of carbonyl (C=O) groups excluding carboxylic acids is 1. The summed E-state index contributed by atoms with van der Waals surface area (Å²) in [6.07, 6.45) is 2.16. The van der Waals surface area contributed by atoms with E-state index in [2.05, 4.69) is 0 Å². The Labute approximate surface area is 85.7 Å². The van der Waals surface area contributed by atoms with Crippen LogP contribution in [-0.4, -0.2) is 30.9 Å². The summed E-state index contributed by atoms with van der Waals surface area (Å²) in [6, 6.07) is 2.02. The van der Waals surface area contributed by atoms with Crippen molar-refractivity contribution in [3.05, 3.63) is 0 Å². The van der Waals surface area contributed by atoms with Crippen LogP contribution in [0.1, 0.15) is 26.2 Å². The van der Waals surface area contributed by atoms with Gasteiger partial charge in [-0.15, -0.1) is 0 Å². The first-order chi connectivity index (χ1) is 6.67. The zero-order valence-corrected chi connectivity index (χ0v) is 8.99. The van der Waals surface area contributed by atoms with Gasteiger partial charge in [0.1, 0.15) is 0 Å². The van der Waals surface area contributed by atoms with E-state index in [1.165, 1.54) is 0 Å². The average molecular weight is 197 g/mol. The van der Waals surface area contributed by atoms with Crippen LogP contribution < -0.4 is 5.73 Å². The monoisotopic (exact) mass is 197 g/mol. The molecule has 0 aliphatic carbocycles. The number of carbonyl (C=O) groups is 1. The second kappa shape index (κ2) is 7.34. The number of nitrogens with two attached hydrogens (primary N) is 1. The number of nitriles is 1. The van der Waals surface area contributed by atoms with E-state index in [4.69, 9.17) is 11.0 Å². The lowest BCUT2D eigenvalue weighted by atomic mass is 10.0. The van der Waals surface area contributed by atoms with Crippen molar-refractivity contribution in [3.8, 4) is 6.07 Å². The molecule has 0 saturated carbocycles. The molecule has 0 bridgehead atoms. The zero-order chi connectivity index (χ0) is 11.0. The van der Waals surface area contributed by atoms with Crippen molar-refractivity contribution in [2.75, 3.05) is 20.1 Å². The van der Waals surface area contributed by atoms with Crippen LogP contribution in [0.3, 0.4) is 0 Å². The molecule has 0 spiro atoms. The highest BCUT2D eigenvalue weighted by Crippen LogP contribution is 2.08. The zero-order valence-electron chi connectivity index (χ0n) is 8.99. The number of nitrogens with zero attached hydrogens (tertiary/aromatic N) is 2. The SMILES string of the molecule is CCCC(CN)C(=O)N(C)CCC#N. The Hall–Kier alpha value is -1.08. The second-order valence-electron chi connectivity index (χ2n) is 3.39. The molecule has 1 unspecified atom stereocenters. The van der Waals surface area contributed by atoms with Gasteiger partial charge in [0.25, 0.3) is 0 Å². The predicted molar refractivity (Wildman–Crippen MR) is 55.3 cm³/mol. The van der Waals surface area contributed by atoms with Gasteiger partial charge in [0.15, 0.2) is 0 Å². The molecule has 0 aromatic rings. The summed E-state index contributed by atoms with van der Waals surface area (Å²) >= 11 is 0. The van der Waals surface area contributed by atoms with E-state index in [1.807, 2.05) is 13.0 Å². The van der Waals surface area contributed by atoms with E-state index < -0.39 is 0 Å². The fourth-order valence-corrected chi connectivity index (χ4v) is 1.33. The van der Waals surface area contributed by atoms with E-state index in [1.54, 1.807) is 11.9 Å². The molecule has 0 saturated heterocycles. The lowest BCUT2D eigenvalue weighted by Crippen LogP contribution is -2.37. The van der Waals surface area contributed by atoms with Gasteiger partial charge >= 0.3 is 0 Å². The molecule has 1 atom stereocenters. The third-order valence-corrected chi connectivity index (χ3v) is 2.21. The third kappa shape index (κ3) is 4.24. The molecule has 0 rings (SSSR count). The Balaban J connectivity index is 4.06. The van der Waals surface area contributed by atoms with E-state index in [0.29, 0.717) is 19.5 Å². The highest BCUT2D eigenvalue weighted by Gasteiger charge is 2.19. The molecular formula is C10H19N3O. The first-order valence-corrected chi connectivity index (χ1v) is 4.99. The van der Waals surface area contributed by atoms with Crippen LogP contribution in [0, 0.1) is 17.2 Å². The van der Waals surface area contributed by atoms with E-state index in [0.717, 1.165) is 12.8 Å². The number of rotatable bonds is 6. The second-order valence-corrected chi connectivity index (χ2v) is 3.39. The summed E-state index contributed by atoms with van der Waals surface area (Å²) in [5.74, 6) is -0.0201. The predicted octanol–water partition coefficient (Wildman–Crippen LogP) is 0.733. The van der Waals surface area contributed by atoms with Gasteiger partial charge in [-0.05, 0) is 6.42 Å². The van der Waals surface area contributed by atoms with Crippen LogP contribution >= 0.6 is 0 Å². The van der Waals surface area contributed by atoms with Crippen molar-refractivity contribution in [2.45, 2.75) is 26.2 Å². The number of hydrogen-bond acceptors (Lipinski definition) is 3. The summed E-state index contributed by atoms with van der Waals surface area (Å²) in [4.78, 5) is 13.3. The molecule has 14 heavy (non-hydrogen) atoms. The molecule has 0 fully saturated rings. The van der Waals surface area contributed by atoms with Crippen molar-refractivity contribution in [2.24, 2.45) is 11.7 Å². The molecular weight excluding hydrogens is 178 g/mol. The maximum absolute atomic E-state index is 11.7. The average Bonchev–Trinajstić information content (AvgIpc) is 2.21. The van der Waals surface area contributed by atoms with Crippen LogP contribution in [-0.2, 0) is 4.79 Å². The maximum atomic E-state index is 11.7. The van der Waals surface area contributed by atoms with E-state index in [9.17, 15) is 4.79 Å². The van der Waals surface area contributed by atoms with Crippen molar-refractivity contribution >= 4 is 5.91 Å². The Kier molecular flexibility index (Phi) is 6.77. The molecule has 0 heterocycles. The third-order valence-electron chi connectivity index (χ3n) is 2.21. The number of hydrogen-bond donors (Lipinski definition) is 1. The fourth-order valence-electron chi connectivity index (χ4n) is 1.33. The van der Waals surface area contributed by atoms with Crippen molar-refractivity contribution in [1.82, 2.24) is 4.90 Å². The van der Waals surface area contributed by atoms with Gasteiger partial charge in [0.05, 0.1) is 18.4 Å². The minimum absolute atomic E-state index is 0.0598. The minimum Gasteiger partial charge on any atom is -0.344 e. The first kappa shape index (κ1) is 12.9. The van der Waals surface area contributed by atoms with Crippen LogP contribution in [0.2, 0.25) is 0 Å². The molecule has 1 amide bonds. The van der Waals surface area contributed by atoms with Crippen molar-refractivity contribution in [1.29, 1.82) is 5.26 Å². The van der Waals surface area contributed by atoms with Crippen molar-refractivity contribution in [3.63, 3.8) is 0 Å². The van der Waals surface area contributed by atoms with Crippen LogP contribution in [0.25, 0.3) is 0 Å². The Morgan fingerprint density at radius 2 is 2.29 bits per heavy atom. The molecule has 0 radical (unpaired) electrons. The van der Waals surface area contributed by atoms with E-state index in [-0.39, 0.29) is 11.8 Å². The molecule has 0 aromatic carbocycles. The maximum Gasteiger partial charge on any atom is 0.226 e. The lowest BCUT2D eigenvalue weighted by Gasteiger charge is -2.21. The van der Waals surface area contributed by atoms with Gasteiger partial charge in [-0.25, -0.2) is 0 Å². The highest BCUT2D eigenvalue weighted by atomic mass is 16.2. The van der Waals surface area contributed by atoms with Gasteiger partial charge in [-0.3, -0.25) is 4.79 Å². The molecule has 0 aliphatic heterocycles. The molecule has 2 N–H and O–H groups in total. The molecule has 4 nitrogen and oxygen atoms in total. The summed E-state index contributed by atoms with van der Waals surface area (Å²) in [6.45, 7) is 2.92. The smallest absolute Gasteiger partial charge is 0.226 e. The Bertz CT molecular complexity index is 210. The quantitative estimate of drug-likeness (QED) is 0.682. The Morgan fingerprint density at radius 1 is 1.64 bits per heavy atom. The topological polar surface area (TPSA) is 70.1 Å². The highest BCUT2D eigenvalue weighted by molar-refractivity contribution is 5.78. The van der Waals surface area contributed by atoms with Gasteiger partial charge in [-0.2, -0.15) is 5.26 Å². The molecule has 80 valence electrons. The van der Waals surface area contributed by atoms with Crippen LogP contribution in [0.15, 0.2) is 0 Å². The van der Waals surface area contributed by atoms with Crippen LogP contribution in [0.4, 0.5) is 0 Å². The Morgan fingerprint density at radius 3 is 2.71 bits per heavy atom. The molecule has 0 aliphatic rings. The lowest BCUT2D eigenvalue weighted by molar-refractivity contribution is -0.134. The fraction of sp³-hybridized carbons (Fsp3) is 0.800. The summed E-state index contributed by atoms with van der Waals surface area (Å²) < 4.78 is 0. The van der Waals surface area contributed by atoms with Gasteiger partial charge in [0.2, 0.25) is 5.91 Å². The van der Waals surface area contributed by atoms with Crippen LogP contribution in [0.5, 0.6) is 0 Å². The van der Waals surface area contributed by atoms with E-state index >= 15 is 0 Å². The number of amides is 1. The first-order valence-electron chi connectivity index (χ1n) is 4.99. The van der Waals surface area contributed by atoms with Crippen molar-refractivity contribution < 1.29 is 4.79 Å². The largest absolute Gasteiger partial charge is 0.344 e. The normalized spacial score (nSPS) is 11.9. The summed E-state index contributed by atoms with van der Waals surface area (Å²) in [7, 11) is 1.72. The van der Waals surface area contributed by atoms with Gasteiger partial charge < -0.3 is 10.6 Å². The standard InChI is InChI=1S/C10H19N3O/c1-3-5-9(8-12)10(14)13(2)7-4-6-11/h9H,3-5,7-8,12H2,1-2H3. The molecule has 4 heteroatoms. The van der Waals surface area contributed by atoms with Gasteiger partial charge in [-0.1, -0.05) is 13.3 Å². The summed E-state index contributed by atoms with van der Waals surface area (Å²) in [5, 5.41) is 8.38. The molecule has 0 aromatic heterocycles. The minimum atomic E-state index is -0.0799.